The average Bonchev–Trinajstić information content (AvgIpc) is 2.85. The number of allylic oxidation sites excluding steroid dienone is 2. The van der Waals surface area contributed by atoms with Crippen LogP contribution in [0.1, 0.15) is 13.8 Å². The Bertz CT molecular complexity index is 481. The molecule has 1 unspecified atom stereocenters. The smallest absolute Gasteiger partial charge is 0.323 e. The number of hydrogen-bond donors (Lipinski definition) is 4. The van der Waals surface area contributed by atoms with Gasteiger partial charge in [0.2, 0.25) is 0 Å². The van der Waals surface area contributed by atoms with Gasteiger partial charge in [-0.2, -0.15) is 0 Å². The van der Waals surface area contributed by atoms with Gasteiger partial charge >= 0.3 is 6.03 Å². The Kier molecular flexibility index (Phi) is 4.07. The zero-order chi connectivity index (χ0) is 14.7. The molecule has 7 heteroatoms. The molecule has 2 aliphatic heterocycles. The molecule has 0 aromatic rings. The highest BCUT2D eigenvalue weighted by Crippen LogP contribution is 2.13. The van der Waals surface area contributed by atoms with Gasteiger partial charge in [0.15, 0.2) is 0 Å². The van der Waals surface area contributed by atoms with E-state index in [1.165, 1.54) is 0 Å². The van der Waals surface area contributed by atoms with E-state index in [2.05, 4.69) is 10.6 Å². The van der Waals surface area contributed by atoms with Crippen LogP contribution in [0.4, 0.5) is 4.79 Å². The molecule has 108 valence electrons. The van der Waals surface area contributed by atoms with E-state index in [-0.39, 0.29) is 24.0 Å². The quantitative estimate of drug-likeness (QED) is 0.449. The van der Waals surface area contributed by atoms with Crippen LogP contribution in [-0.4, -0.2) is 53.2 Å². The van der Waals surface area contributed by atoms with Crippen LogP contribution >= 0.6 is 0 Å². The van der Waals surface area contributed by atoms with Gasteiger partial charge in [-0.15, -0.1) is 0 Å². The third-order valence-corrected chi connectivity index (χ3v) is 3.28. The number of rotatable bonds is 4. The zero-order valence-corrected chi connectivity index (χ0v) is 11.7. The predicted octanol–water partition coefficient (Wildman–Crippen LogP) is 0.676. The molecule has 0 radical (unpaired) electrons. The van der Waals surface area contributed by atoms with Crippen LogP contribution in [0.2, 0.25) is 0 Å². The van der Waals surface area contributed by atoms with E-state index in [4.69, 9.17) is 10.8 Å². The lowest BCUT2D eigenvalue weighted by molar-refractivity contribution is 0.224. The molecule has 2 aliphatic rings. The highest BCUT2D eigenvalue weighted by atomic mass is 16.2. The number of carbonyl (C=O) groups is 1. The van der Waals surface area contributed by atoms with Crippen molar-refractivity contribution in [3.8, 4) is 0 Å². The standard InChI is InChI=1S/C13H20N6O/c1-9(2)19(8-14)12(15)10-4-3-5-11(17-10)18-7-6-16-13(18)20/h3-5,8-10,14-15,17H,6-7H2,1-2H3,(H,16,20). The maximum Gasteiger partial charge on any atom is 0.323 e. The summed E-state index contributed by atoms with van der Waals surface area (Å²) in [7, 11) is 0. The fourth-order valence-electron chi connectivity index (χ4n) is 2.20. The second-order valence-electron chi connectivity index (χ2n) is 4.96. The third kappa shape index (κ3) is 2.66. The molecule has 1 saturated heterocycles. The van der Waals surface area contributed by atoms with E-state index in [1.807, 2.05) is 32.1 Å². The van der Waals surface area contributed by atoms with Crippen LogP contribution in [0.3, 0.4) is 0 Å². The van der Waals surface area contributed by atoms with Crippen molar-refractivity contribution in [1.29, 1.82) is 10.8 Å². The molecule has 2 amide bonds. The molecular weight excluding hydrogens is 256 g/mol. The average molecular weight is 276 g/mol. The van der Waals surface area contributed by atoms with Crippen LogP contribution in [0.5, 0.6) is 0 Å². The summed E-state index contributed by atoms with van der Waals surface area (Å²) in [5.41, 5.74) is 0. The number of amides is 2. The van der Waals surface area contributed by atoms with Crippen molar-refractivity contribution in [3.05, 3.63) is 24.0 Å². The minimum absolute atomic E-state index is 0.0413. The summed E-state index contributed by atoms with van der Waals surface area (Å²) in [6, 6.07) is -0.427. The Hall–Kier alpha value is -2.31. The summed E-state index contributed by atoms with van der Waals surface area (Å²) >= 11 is 0. The number of carbonyl (C=O) groups excluding carboxylic acids is 1. The van der Waals surface area contributed by atoms with Crippen molar-refractivity contribution in [2.45, 2.75) is 25.9 Å². The van der Waals surface area contributed by atoms with Crippen LogP contribution < -0.4 is 10.6 Å². The second kappa shape index (κ2) is 5.77. The van der Waals surface area contributed by atoms with E-state index < -0.39 is 0 Å². The summed E-state index contributed by atoms with van der Waals surface area (Å²) in [6.07, 6.45) is 6.65. The van der Waals surface area contributed by atoms with Gasteiger partial charge in [0.25, 0.3) is 0 Å². The Labute approximate surface area is 118 Å². The van der Waals surface area contributed by atoms with Gasteiger partial charge in [-0.25, -0.2) is 4.79 Å². The zero-order valence-electron chi connectivity index (χ0n) is 11.7. The van der Waals surface area contributed by atoms with Gasteiger partial charge in [0.05, 0.1) is 6.34 Å². The van der Waals surface area contributed by atoms with Gasteiger partial charge in [-0.3, -0.25) is 15.7 Å². The van der Waals surface area contributed by atoms with Crippen molar-refractivity contribution in [2.75, 3.05) is 13.1 Å². The monoisotopic (exact) mass is 276 g/mol. The van der Waals surface area contributed by atoms with Gasteiger partial charge in [-0.1, -0.05) is 12.2 Å². The van der Waals surface area contributed by atoms with E-state index in [9.17, 15) is 4.79 Å². The first-order chi connectivity index (χ1) is 9.54. The van der Waals surface area contributed by atoms with Crippen molar-refractivity contribution < 1.29 is 4.79 Å². The molecule has 1 atom stereocenters. The lowest BCUT2D eigenvalue weighted by atomic mass is 10.1. The predicted molar refractivity (Wildman–Crippen MR) is 77.7 cm³/mol. The number of hydrogen-bond acceptors (Lipinski definition) is 4. The largest absolute Gasteiger partial charge is 0.358 e. The van der Waals surface area contributed by atoms with Crippen LogP contribution in [-0.2, 0) is 0 Å². The maximum absolute atomic E-state index is 11.7. The maximum atomic E-state index is 11.7. The topological polar surface area (TPSA) is 95.3 Å². The molecule has 1 fully saturated rings. The molecule has 4 N–H and O–H groups in total. The van der Waals surface area contributed by atoms with Gasteiger partial charge < -0.3 is 15.5 Å². The first-order valence-electron chi connectivity index (χ1n) is 6.62. The second-order valence-corrected chi connectivity index (χ2v) is 4.96. The molecule has 0 aromatic carbocycles. The minimum atomic E-state index is -0.340. The fourth-order valence-corrected chi connectivity index (χ4v) is 2.20. The Morgan fingerprint density at radius 2 is 2.35 bits per heavy atom. The molecular formula is C13H20N6O. The third-order valence-electron chi connectivity index (χ3n) is 3.28. The normalized spacial score (nSPS) is 21.4. The molecule has 20 heavy (non-hydrogen) atoms. The van der Waals surface area contributed by atoms with Crippen LogP contribution in [0.25, 0.3) is 0 Å². The van der Waals surface area contributed by atoms with Crippen LogP contribution in [0, 0.1) is 10.8 Å². The summed E-state index contributed by atoms with van der Waals surface area (Å²) in [5, 5.41) is 21.5. The molecule has 2 heterocycles. The Morgan fingerprint density at radius 3 is 2.90 bits per heavy atom. The van der Waals surface area contributed by atoms with E-state index in [1.54, 1.807) is 9.80 Å². The number of amidine groups is 1. The van der Waals surface area contributed by atoms with Crippen molar-refractivity contribution in [1.82, 2.24) is 20.4 Å². The lowest BCUT2D eigenvalue weighted by Crippen LogP contribution is -2.50. The van der Waals surface area contributed by atoms with Crippen LogP contribution in [0.15, 0.2) is 24.0 Å². The SMILES string of the molecule is CC(C)N(C=N)C(=N)C1C=CC=C(N2CCNC2=O)N1. The number of dihydropyridines is 1. The molecule has 2 rings (SSSR count). The highest BCUT2D eigenvalue weighted by molar-refractivity contribution is 5.95. The number of urea groups is 1. The van der Waals surface area contributed by atoms with Gasteiger partial charge in [-0.05, 0) is 19.9 Å². The lowest BCUT2D eigenvalue weighted by Gasteiger charge is -2.32. The van der Waals surface area contributed by atoms with E-state index in [0.717, 1.165) is 6.34 Å². The minimum Gasteiger partial charge on any atom is -0.358 e. The first kappa shape index (κ1) is 14.1. The molecule has 0 bridgehead atoms. The first-order valence-corrected chi connectivity index (χ1v) is 6.62. The molecule has 0 spiro atoms. The molecule has 0 saturated carbocycles. The van der Waals surface area contributed by atoms with Crippen molar-refractivity contribution >= 4 is 18.2 Å². The van der Waals surface area contributed by atoms with E-state index in [0.29, 0.717) is 18.9 Å². The summed E-state index contributed by atoms with van der Waals surface area (Å²) in [5.74, 6) is 0.974. The Balaban J connectivity index is 2.08. The summed E-state index contributed by atoms with van der Waals surface area (Å²) in [4.78, 5) is 14.9. The molecule has 0 aliphatic carbocycles. The summed E-state index contributed by atoms with van der Waals surface area (Å²) in [6.45, 7) is 5.10. The van der Waals surface area contributed by atoms with Crippen molar-refractivity contribution in [2.24, 2.45) is 0 Å². The van der Waals surface area contributed by atoms with Crippen molar-refractivity contribution in [3.63, 3.8) is 0 Å². The van der Waals surface area contributed by atoms with Gasteiger partial charge in [0, 0.05) is 19.1 Å². The molecule has 7 nitrogen and oxygen atoms in total. The summed E-state index contributed by atoms with van der Waals surface area (Å²) < 4.78 is 0. The Morgan fingerprint density at radius 1 is 1.60 bits per heavy atom. The number of nitrogens with zero attached hydrogens (tertiary/aromatic N) is 2. The number of nitrogens with one attached hydrogen (secondary N) is 4. The molecule has 0 aromatic heterocycles. The van der Waals surface area contributed by atoms with Gasteiger partial charge in [0.1, 0.15) is 17.7 Å². The fraction of sp³-hybridized carbons (Fsp3) is 0.462. The van der Waals surface area contributed by atoms with E-state index >= 15 is 0 Å². The highest BCUT2D eigenvalue weighted by Gasteiger charge is 2.28.